The minimum absolute atomic E-state index is 0. The minimum Gasteiger partial charge on any atom is -0.465 e. The Labute approximate surface area is 132 Å². The second kappa shape index (κ2) is 7.82. The first-order chi connectivity index (χ1) is 9.52. The summed E-state index contributed by atoms with van der Waals surface area (Å²) in [5, 5.41) is 0. The van der Waals surface area contributed by atoms with E-state index >= 15 is 0 Å². The highest BCUT2D eigenvalue weighted by molar-refractivity contribution is 5.90. The maximum atomic E-state index is 11.6. The Hall–Kier alpha value is -1.04. The third kappa shape index (κ3) is 4.22. The molecular formula is C15H25ClN2O3. The van der Waals surface area contributed by atoms with Gasteiger partial charge >= 0.3 is 5.97 Å². The van der Waals surface area contributed by atoms with Gasteiger partial charge in [0, 0.05) is 12.1 Å². The lowest BCUT2D eigenvalue weighted by Crippen LogP contribution is -2.48. The average Bonchev–Trinajstić information content (AvgIpc) is 2.79. The highest BCUT2D eigenvalue weighted by Crippen LogP contribution is 2.23. The molecule has 0 spiro atoms. The normalized spacial score (nSPS) is 20.7. The van der Waals surface area contributed by atoms with E-state index in [1.807, 2.05) is 0 Å². The molecule has 5 nitrogen and oxygen atoms in total. The Morgan fingerprint density at radius 3 is 2.90 bits per heavy atom. The van der Waals surface area contributed by atoms with Crippen LogP contribution in [0.4, 0.5) is 0 Å². The summed E-state index contributed by atoms with van der Waals surface area (Å²) < 4.78 is 10.4. The lowest BCUT2D eigenvalue weighted by molar-refractivity contribution is 0.0599. The Balaban J connectivity index is 0.00000220. The molecule has 120 valence electrons. The quantitative estimate of drug-likeness (QED) is 0.864. The predicted octanol–water partition coefficient (Wildman–Crippen LogP) is 2.50. The van der Waals surface area contributed by atoms with Gasteiger partial charge in [-0.1, -0.05) is 6.42 Å². The molecule has 0 bridgehead atoms. The number of halogens is 1. The van der Waals surface area contributed by atoms with E-state index in [0.29, 0.717) is 23.9 Å². The van der Waals surface area contributed by atoms with E-state index in [2.05, 4.69) is 11.8 Å². The maximum absolute atomic E-state index is 11.6. The number of esters is 1. The highest BCUT2D eigenvalue weighted by atomic mass is 35.5. The smallest absolute Gasteiger partial charge is 0.341 e. The molecule has 6 heteroatoms. The van der Waals surface area contributed by atoms with Crippen molar-refractivity contribution >= 4 is 18.4 Å². The maximum Gasteiger partial charge on any atom is 0.341 e. The van der Waals surface area contributed by atoms with Crippen molar-refractivity contribution in [1.29, 1.82) is 0 Å². The summed E-state index contributed by atoms with van der Waals surface area (Å²) in [5.41, 5.74) is 6.58. The number of aryl methyl sites for hydroxylation is 1. The number of hydrogen-bond donors (Lipinski definition) is 1. The number of carbonyl (C=O) groups is 1. The number of rotatable bonds is 4. The van der Waals surface area contributed by atoms with Crippen molar-refractivity contribution in [3.8, 4) is 0 Å². The van der Waals surface area contributed by atoms with Gasteiger partial charge in [-0.2, -0.15) is 0 Å². The Morgan fingerprint density at radius 1 is 1.57 bits per heavy atom. The van der Waals surface area contributed by atoms with E-state index in [4.69, 9.17) is 14.9 Å². The van der Waals surface area contributed by atoms with Crippen molar-refractivity contribution < 1.29 is 13.9 Å². The van der Waals surface area contributed by atoms with E-state index < -0.39 is 0 Å². The van der Waals surface area contributed by atoms with Crippen LogP contribution in [0.25, 0.3) is 0 Å². The van der Waals surface area contributed by atoms with Crippen molar-refractivity contribution in [1.82, 2.24) is 4.90 Å². The Kier molecular flexibility index (Phi) is 6.71. The van der Waals surface area contributed by atoms with Gasteiger partial charge in [0.25, 0.3) is 0 Å². The molecule has 2 heterocycles. The number of hydrogen-bond acceptors (Lipinski definition) is 5. The molecule has 0 radical (unpaired) electrons. The molecule has 1 aliphatic heterocycles. The van der Waals surface area contributed by atoms with Crippen molar-refractivity contribution in [2.75, 3.05) is 13.7 Å². The summed E-state index contributed by atoms with van der Waals surface area (Å²) in [5.74, 6) is 1.07. The van der Waals surface area contributed by atoms with Crippen molar-refractivity contribution in [3.05, 3.63) is 23.2 Å². The number of nitrogens with zero attached hydrogens (tertiary/aromatic N) is 1. The van der Waals surface area contributed by atoms with Crippen LogP contribution in [-0.2, 0) is 11.3 Å². The summed E-state index contributed by atoms with van der Waals surface area (Å²) in [6, 6.07) is 2.32. The number of carbonyl (C=O) groups excluding carboxylic acids is 1. The highest BCUT2D eigenvalue weighted by Gasteiger charge is 2.27. The van der Waals surface area contributed by atoms with Gasteiger partial charge in [0.2, 0.25) is 0 Å². The van der Waals surface area contributed by atoms with Crippen molar-refractivity contribution in [2.24, 2.45) is 5.73 Å². The van der Waals surface area contributed by atoms with Gasteiger partial charge in [0.1, 0.15) is 17.1 Å². The van der Waals surface area contributed by atoms with Crippen LogP contribution in [0.5, 0.6) is 0 Å². The number of methoxy groups -OCH3 is 1. The zero-order valence-corrected chi connectivity index (χ0v) is 13.7. The summed E-state index contributed by atoms with van der Waals surface area (Å²) in [6.45, 7) is 5.56. The van der Waals surface area contributed by atoms with Gasteiger partial charge in [-0.05, 0) is 39.3 Å². The van der Waals surface area contributed by atoms with E-state index in [0.717, 1.165) is 18.7 Å². The SMILES string of the molecule is COC(=O)c1cc(CN2CCCCC2C(C)N)oc1C.Cl. The van der Waals surface area contributed by atoms with Crippen LogP contribution in [0.3, 0.4) is 0 Å². The molecule has 2 atom stereocenters. The number of nitrogens with two attached hydrogens (primary N) is 1. The van der Waals surface area contributed by atoms with Gasteiger partial charge in [0.05, 0.1) is 13.7 Å². The standard InChI is InChI=1S/C15H24N2O3.ClH/c1-10(16)14-6-4-5-7-17(14)9-12-8-13(11(2)20-12)15(18)19-3;/h8,10,14H,4-7,9,16H2,1-3H3;1H. The minimum atomic E-state index is -0.347. The van der Waals surface area contributed by atoms with Crippen LogP contribution in [0.15, 0.2) is 10.5 Å². The fourth-order valence-electron chi connectivity index (χ4n) is 2.94. The molecule has 2 N–H and O–H groups in total. The number of furan rings is 1. The lowest BCUT2D eigenvalue weighted by atomic mass is 9.97. The van der Waals surface area contributed by atoms with E-state index in [-0.39, 0.29) is 24.4 Å². The van der Waals surface area contributed by atoms with E-state index in [1.54, 1.807) is 13.0 Å². The Bertz CT molecular complexity index is 473. The molecule has 1 fully saturated rings. The van der Waals surface area contributed by atoms with Gasteiger partial charge < -0.3 is 14.9 Å². The molecule has 0 aromatic carbocycles. The third-order valence-corrected chi connectivity index (χ3v) is 4.00. The van der Waals surface area contributed by atoms with E-state index in [1.165, 1.54) is 20.0 Å². The molecule has 21 heavy (non-hydrogen) atoms. The first-order valence-electron chi connectivity index (χ1n) is 7.20. The molecule has 1 aromatic rings. The number of likely N-dealkylation sites (tertiary alicyclic amines) is 1. The zero-order valence-electron chi connectivity index (χ0n) is 12.9. The van der Waals surface area contributed by atoms with Crippen LogP contribution in [0, 0.1) is 6.92 Å². The van der Waals surface area contributed by atoms with Crippen LogP contribution in [0.1, 0.15) is 48.1 Å². The van der Waals surface area contributed by atoms with Gasteiger partial charge in [-0.15, -0.1) is 12.4 Å². The van der Waals surface area contributed by atoms with Gasteiger partial charge in [-0.3, -0.25) is 4.90 Å². The second-order valence-corrected chi connectivity index (χ2v) is 5.57. The summed E-state index contributed by atoms with van der Waals surface area (Å²) in [4.78, 5) is 14.0. The van der Waals surface area contributed by atoms with Crippen LogP contribution in [-0.4, -0.2) is 36.6 Å². The number of piperidine rings is 1. The molecule has 0 amide bonds. The van der Waals surface area contributed by atoms with Crippen LogP contribution in [0.2, 0.25) is 0 Å². The molecule has 0 saturated carbocycles. The number of ether oxygens (including phenoxy) is 1. The predicted molar refractivity (Wildman–Crippen MR) is 83.7 cm³/mol. The third-order valence-electron chi connectivity index (χ3n) is 4.00. The van der Waals surface area contributed by atoms with Gasteiger partial charge in [-0.25, -0.2) is 4.79 Å². The summed E-state index contributed by atoms with van der Waals surface area (Å²) in [6.07, 6.45) is 3.54. The molecule has 0 aliphatic carbocycles. The van der Waals surface area contributed by atoms with Crippen molar-refractivity contribution in [3.63, 3.8) is 0 Å². The largest absolute Gasteiger partial charge is 0.465 e. The van der Waals surface area contributed by atoms with Gasteiger partial charge in [0.15, 0.2) is 0 Å². The summed E-state index contributed by atoms with van der Waals surface area (Å²) >= 11 is 0. The molecule has 2 unspecified atom stereocenters. The van der Waals surface area contributed by atoms with Crippen LogP contribution < -0.4 is 5.73 Å². The fraction of sp³-hybridized carbons (Fsp3) is 0.667. The average molecular weight is 317 g/mol. The topological polar surface area (TPSA) is 68.7 Å². The molecule has 1 aliphatic rings. The Morgan fingerprint density at radius 2 is 2.29 bits per heavy atom. The second-order valence-electron chi connectivity index (χ2n) is 5.57. The van der Waals surface area contributed by atoms with Crippen LogP contribution >= 0.6 is 12.4 Å². The first-order valence-corrected chi connectivity index (χ1v) is 7.20. The lowest BCUT2D eigenvalue weighted by Gasteiger charge is -2.37. The molecule has 2 rings (SSSR count). The molecule has 1 aromatic heterocycles. The zero-order chi connectivity index (χ0) is 14.7. The fourth-order valence-corrected chi connectivity index (χ4v) is 2.94. The monoisotopic (exact) mass is 316 g/mol. The molecular weight excluding hydrogens is 292 g/mol. The van der Waals surface area contributed by atoms with E-state index in [9.17, 15) is 4.79 Å². The first kappa shape index (κ1) is 18.0. The van der Waals surface area contributed by atoms with Crippen molar-refractivity contribution in [2.45, 2.75) is 51.7 Å². The summed E-state index contributed by atoms with van der Waals surface area (Å²) in [7, 11) is 1.38. The molecule has 1 saturated heterocycles.